The quantitative estimate of drug-likeness (QED) is 0.782. The van der Waals surface area contributed by atoms with Crippen molar-refractivity contribution in [1.29, 1.82) is 0 Å². The molecule has 0 atom stereocenters. The lowest BCUT2D eigenvalue weighted by atomic mass is 9.78. The zero-order chi connectivity index (χ0) is 13.8. The Labute approximate surface area is 110 Å². The molecule has 0 radical (unpaired) electrons. The summed E-state index contributed by atoms with van der Waals surface area (Å²) in [6, 6.07) is 2.31. The molecule has 2 N–H and O–H groups in total. The van der Waals surface area contributed by atoms with Gasteiger partial charge in [0.1, 0.15) is 0 Å². The van der Waals surface area contributed by atoms with Gasteiger partial charge in [0, 0.05) is 24.1 Å². The Kier molecular flexibility index (Phi) is 5.35. The van der Waals surface area contributed by atoms with Crippen LogP contribution < -0.4 is 0 Å². The Balaban J connectivity index is 2.81. The van der Waals surface area contributed by atoms with Crippen molar-refractivity contribution in [2.24, 2.45) is 11.3 Å². The van der Waals surface area contributed by atoms with Gasteiger partial charge in [0.25, 0.3) is 0 Å². The molecule has 1 aromatic rings. The van der Waals surface area contributed by atoms with Gasteiger partial charge in [-0.25, -0.2) is 0 Å². The van der Waals surface area contributed by atoms with Crippen molar-refractivity contribution in [1.82, 2.24) is 9.78 Å². The second kappa shape index (κ2) is 6.34. The van der Waals surface area contributed by atoms with Crippen molar-refractivity contribution >= 4 is 0 Å². The molecule has 4 nitrogen and oxygen atoms in total. The summed E-state index contributed by atoms with van der Waals surface area (Å²) in [4.78, 5) is 0. The topological polar surface area (TPSA) is 58.3 Å². The average Bonchev–Trinajstić information content (AvgIpc) is 2.76. The predicted molar refractivity (Wildman–Crippen MR) is 72.4 cm³/mol. The first-order valence-electron chi connectivity index (χ1n) is 6.68. The molecule has 0 aliphatic carbocycles. The van der Waals surface area contributed by atoms with Crippen LogP contribution in [0.3, 0.4) is 0 Å². The van der Waals surface area contributed by atoms with E-state index in [0.717, 1.165) is 12.1 Å². The molecule has 1 heterocycles. The lowest BCUT2D eigenvalue weighted by Gasteiger charge is -2.30. The molecule has 0 fully saturated rings. The molecule has 0 saturated carbocycles. The van der Waals surface area contributed by atoms with Gasteiger partial charge in [-0.05, 0) is 32.3 Å². The highest BCUT2D eigenvalue weighted by atomic mass is 16.3. The van der Waals surface area contributed by atoms with Crippen LogP contribution in [0.2, 0.25) is 0 Å². The summed E-state index contributed by atoms with van der Waals surface area (Å²) < 4.78 is 1.91. The highest BCUT2D eigenvalue weighted by Crippen LogP contribution is 2.29. The molecule has 18 heavy (non-hydrogen) atoms. The fourth-order valence-corrected chi connectivity index (χ4v) is 2.37. The Morgan fingerprint density at radius 3 is 2.22 bits per heavy atom. The van der Waals surface area contributed by atoms with E-state index in [-0.39, 0.29) is 13.2 Å². The van der Waals surface area contributed by atoms with Crippen LogP contribution >= 0.6 is 0 Å². The van der Waals surface area contributed by atoms with E-state index in [4.69, 9.17) is 0 Å². The van der Waals surface area contributed by atoms with Crippen molar-refractivity contribution in [3.8, 4) is 0 Å². The maximum Gasteiger partial charge on any atom is 0.0632 e. The van der Waals surface area contributed by atoms with E-state index in [1.165, 1.54) is 0 Å². The van der Waals surface area contributed by atoms with Crippen molar-refractivity contribution in [3.05, 3.63) is 18.0 Å². The van der Waals surface area contributed by atoms with Gasteiger partial charge in [-0.1, -0.05) is 13.8 Å². The molecule has 4 heteroatoms. The van der Waals surface area contributed by atoms with Gasteiger partial charge in [-0.15, -0.1) is 0 Å². The third-order valence-corrected chi connectivity index (χ3v) is 3.26. The van der Waals surface area contributed by atoms with Crippen LogP contribution in [0.15, 0.2) is 12.3 Å². The molecule has 0 unspecified atom stereocenters. The third-order valence-electron chi connectivity index (χ3n) is 3.26. The average molecular weight is 254 g/mol. The van der Waals surface area contributed by atoms with Gasteiger partial charge < -0.3 is 10.2 Å². The zero-order valence-electron chi connectivity index (χ0n) is 11.9. The SMILES string of the molecule is CC(C)CC(CO)(CO)Cc1ccn(C(C)C)n1. The Morgan fingerprint density at radius 2 is 1.83 bits per heavy atom. The van der Waals surface area contributed by atoms with Crippen LogP contribution in [0.25, 0.3) is 0 Å². The third kappa shape index (κ3) is 3.82. The summed E-state index contributed by atoms with van der Waals surface area (Å²) in [7, 11) is 0. The van der Waals surface area contributed by atoms with Crippen LogP contribution in [0.1, 0.15) is 45.9 Å². The molecule has 0 saturated heterocycles. The molecule has 0 aliphatic rings. The van der Waals surface area contributed by atoms with Crippen molar-refractivity contribution in [2.75, 3.05) is 13.2 Å². The number of aliphatic hydroxyl groups is 2. The molecule has 104 valence electrons. The number of hydrogen-bond donors (Lipinski definition) is 2. The number of aliphatic hydroxyl groups excluding tert-OH is 2. The maximum atomic E-state index is 9.61. The molecule has 1 rings (SSSR count). The number of hydrogen-bond acceptors (Lipinski definition) is 3. The monoisotopic (exact) mass is 254 g/mol. The van der Waals surface area contributed by atoms with Crippen LogP contribution in [0.5, 0.6) is 0 Å². The minimum atomic E-state index is -0.454. The summed E-state index contributed by atoms with van der Waals surface area (Å²) >= 11 is 0. The predicted octanol–water partition coefficient (Wildman–Crippen LogP) is 2.02. The Bertz CT molecular complexity index is 354. The summed E-state index contributed by atoms with van der Waals surface area (Å²) in [6.45, 7) is 8.36. The first-order valence-corrected chi connectivity index (χ1v) is 6.68. The zero-order valence-corrected chi connectivity index (χ0v) is 11.9. The van der Waals surface area contributed by atoms with Crippen LogP contribution in [0.4, 0.5) is 0 Å². The van der Waals surface area contributed by atoms with Crippen molar-refractivity contribution < 1.29 is 10.2 Å². The molecule has 1 aromatic heterocycles. The van der Waals surface area contributed by atoms with Crippen LogP contribution in [0, 0.1) is 11.3 Å². The van der Waals surface area contributed by atoms with Gasteiger partial charge in [0.15, 0.2) is 0 Å². The van der Waals surface area contributed by atoms with E-state index in [1.54, 1.807) is 0 Å². The normalized spacial score (nSPS) is 12.7. The molecule has 0 spiro atoms. The van der Waals surface area contributed by atoms with E-state index >= 15 is 0 Å². The minimum absolute atomic E-state index is 0.00375. The summed E-state index contributed by atoms with van der Waals surface area (Å²) in [5, 5.41) is 23.7. The number of rotatable bonds is 7. The van der Waals surface area contributed by atoms with E-state index in [1.807, 2.05) is 16.9 Å². The van der Waals surface area contributed by atoms with E-state index in [9.17, 15) is 10.2 Å². The molecular formula is C14H26N2O2. The maximum absolute atomic E-state index is 9.61. The second-order valence-electron chi connectivity index (χ2n) is 5.97. The highest BCUT2D eigenvalue weighted by Gasteiger charge is 2.31. The first-order chi connectivity index (χ1) is 8.42. The molecule has 0 amide bonds. The fourth-order valence-electron chi connectivity index (χ4n) is 2.37. The molecule has 0 bridgehead atoms. The largest absolute Gasteiger partial charge is 0.396 e. The second-order valence-corrected chi connectivity index (χ2v) is 5.97. The van der Waals surface area contributed by atoms with E-state index in [0.29, 0.717) is 18.4 Å². The van der Waals surface area contributed by atoms with Gasteiger partial charge in [0.05, 0.1) is 18.9 Å². The van der Waals surface area contributed by atoms with Gasteiger partial charge >= 0.3 is 0 Å². The van der Waals surface area contributed by atoms with Gasteiger partial charge in [-0.3, -0.25) is 4.68 Å². The summed E-state index contributed by atoms with van der Waals surface area (Å²) in [5.74, 6) is 0.441. The summed E-state index contributed by atoms with van der Waals surface area (Å²) in [5.41, 5.74) is 0.483. The highest BCUT2D eigenvalue weighted by molar-refractivity contribution is 5.04. The summed E-state index contributed by atoms with van der Waals surface area (Å²) in [6.07, 6.45) is 3.38. The Hall–Kier alpha value is -0.870. The minimum Gasteiger partial charge on any atom is -0.396 e. The molecule has 0 aromatic carbocycles. The van der Waals surface area contributed by atoms with Crippen molar-refractivity contribution in [2.45, 2.75) is 46.6 Å². The van der Waals surface area contributed by atoms with Gasteiger partial charge in [-0.2, -0.15) is 5.10 Å². The smallest absolute Gasteiger partial charge is 0.0632 e. The lowest BCUT2D eigenvalue weighted by Crippen LogP contribution is -2.34. The molecular weight excluding hydrogens is 228 g/mol. The van der Waals surface area contributed by atoms with E-state index in [2.05, 4.69) is 32.8 Å². The van der Waals surface area contributed by atoms with Crippen LogP contribution in [-0.2, 0) is 6.42 Å². The van der Waals surface area contributed by atoms with Crippen LogP contribution in [-0.4, -0.2) is 33.2 Å². The fraction of sp³-hybridized carbons (Fsp3) is 0.786. The number of nitrogens with zero attached hydrogens (tertiary/aromatic N) is 2. The molecule has 0 aliphatic heterocycles. The van der Waals surface area contributed by atoms with Gasteiger partial charge in [0.2, 0.25) is 0 Å². The first kappa shape index (κ1) is 15.2. The van der Waals surface area contributed by atoms with Crippen molar-refractivity contribution in [3.63, 3.8) is 0 Å². The lowest BCUT2D eigenvalue weighted by molar-refractivity contribution is 0.0360. The number of aromatic nitrogens is 2. The van der Waals surface area contributed by atoms with E-state index < -0.39 is 5.41 Å². The Morgan fingerprint density at radius 1 is 1.22 bits per heavy atom. The standard InChI is InChI=1S/C14H26N2O2/c1-11(2)7-14(9-17,10-18)8-13-5-6-16(15-13)12(3)4/h5-6,11-12,17-18H,7-10H2,1-4H3.